The molecule has 0 aliphatic carbocycles. The van der Waals surface area contributed by atoms with Crippen molar-refractivity contribution >= 4 is 17.3 Å². The molecule has 1 aromatic heterocycles. The lowest BCUT2D eigenvalue weighted by Gasteiger charge is -2.10. The maximum absolute atomic E-state index is 12.6. The van der Waals surface area contributed by atoms with E-state index in [0.717, 1.165) is 23.9 Å². The highest BCUT2D eigenvalue weighted by molar-refractivity contribution is 6.03. The van der Waals surface area contributed by atoms with Gasteiger partial charge in [-0.2, -0.15) is 13.9 Å². The van der Waals surface area contributed by atoms with E-state index in [1.165, 1.54) is 12.1 Å². The number of carbonyl (C=O) groups is 1. The summed E-state index contributed by atoms with van der Waals surface area (Å²) >= 11 is 0. The molecular weight excluding hydrogens is 374 g/mol. The number of rotatable bonds is 6. The van der Waals surface area contributed by atoms with Gasteiger partial charge in [0, 0.05) is 18.3 Å². The zero-order chi connectivity index (χ0) is 20.3. The summed E-state index contributed by atoms with van der Waals surface area (Å²) in [6, 6.07) is 11.9. The van der Waals surface area contributed by atoms with Gasteiger partial charge in [0.25, 0.3) is 11.6 Å². The van der Waals surface area contributed by atoms with Gasteiger partial charge in [-0.15, -0.1) is 0 Å². The average Bonchev–Trinajstić information content (AvgIpc) is 3.14. The predicted molar refractivity (Wildman–Crippen MR) is 95.8 cm³/mol. The zero-order valence-corrected chi connectivity index (χ0v) is 14.5. The molecule has 1 heterocycles. The van der Waals surface area contributed by atoms with Crippen molar-refractivity contribution in [1.29, 1.82) is 0 Å². The Morgan fingerprint density at radius 1 is 1.25 bits per heavy atom. The van der Waals surface area contributed by atoms with E-state index in [9.17, 15) is 23.7 Å². The van der Waals surface area contributed by atoms with Gasteiger partial charge in [-0.05, 0) is 24.6 Å². The van der Waals surface area contributed by atoms with Crippen LogP contribution in [0.4, 0.5) is 20.2 Å². The van der Waals surface area contributed by atoms with E-state index < -0.39 is 17.4 Å². The standard InChI is InChI=1S/C18H14F2N4O4/c1-11-4-2-3-5-16(11)28-14-9-12(8-13(10-14)24(26)27)21-17(25)15-6-7-23(22-15)18(19)20/h2-10,18H,1H3,(H,21,25). The van der Waals surface area contributed by atoms with E-state index in [1.54, 1.807) is 12.1 Å². The number of aryl methyl sites for hydroxylation is 1. The highest BCUT2D eigenvalue weighted by Crippen LogP contribution is 2.31. The van der Waals surface area contributed by atoms with Gasteiger partial charge in [-0.3, -0.25) is 14.9 Å². The first-order chi connectivity index (χ1) is 13.3. The molecule has 0 spiro atoms. The maximum Gasteiger partial charge on any atom is 0.333 e. The number of carbonyl (C=O) groups excluding carboxylic acids is 1. The van der Waals surface area contributed by atoms with Crippen LogP contribution in [0.25, 0.3) is 0 Å². The molecule has 0 aliphatic heterocycles. The molecule has 0 saturated heterocycles. The number of nitrogens with one attached hydrogen (secondary N) is 1. The van der Waals surface area contributed by atoms with Crippen molar-refractivity contribution in [2.75, 3.05) is 5.32 Å². The Labute approximate surface area is 157 Å². The van der Waals surface area contributed by atoms with Gasteiger partial charge < -0.3 is 10.1 Å². The van der Waals surface area contributed by atoms with Crippen molar-refractivity contribution in [3.63, 3.8) is 0 Å². The Bertz CT molecular complexity index is 1040. The summed E-state index contributed by atoms with van der Waals surface area (Å²) < 4.78 is 31.2. The summed E-state index contributed by atoms with van der Waals surface area (Å²) in [5.41, 5.74) is 0.319. The van der Waals surface area contributed by atoms with E-state index in [2.05, 4.69) is 10.4 Å². The number of ether oxygens (including phenoxy) is 1. The summed E-state index contributed by atoms with van der Waals surface area (Å²) in [6.07, 6.45) is 0.958. The number of nitro benzene ring substituents is 1. The van der Waals surface area contributed by atoms with E-state index in [4.69, 9.17) is 4.74 Å². The summed E-state index contributed by atoms with van der Waals surface area (Å²) in [5.74, 6) is -0.158. The normalized spacial score (nSPS) is 10.7. The Kier molecular flexibility index (Phi) is 5.30. The first-order valence-corrected chi connectivity index (χ1v) is 8.01. The van der Waals surface area contributed by atoms with Crippen LogP contribution in [0.2, 0.25) is 0 Å². The second-order valence-corrected chi connectivity index (χ2v) is 5.75. The molecule has 0 atom stereocenters. The number of halogens is 2. The number of amides is 1. The van der Waals surface area contributed by atoms with E-state index in [1.807, 2.05) is 19.1 Å². The third-order valence-electron chi connectivity index (χ3n) is 3.72. The van der Waals surface area contributed by atoms with Crippen molar-refractivity contribution in [3.8, 4) is 11.5 Å². The Hall–Kier alpha value is -3.82. The average molecular weight is 388 g/mol. The molecule has 0 radical (unpaired) electrons. The second-order valence-electron chi connectivity index (χ2n) is 5.75. The van der Waals surface area contributed by atoms with E-state index in [0.29, 0.717) is 10.4 Å². The zero-order valence-electron chi connectivity index (χ0n) is 14.5. The Morgan fingerprint density at radius 3 is 2.64 bits per heavy atom. The van der Waals surface area contributed by atoms with Crippen molar-refractivity contribution in [2.24, 2.45) is 0 Å². The highest BCUT2D eigenvalue weighted by Gasteiger charge is 2.17. The van der Waals surface area contributed by atoms with Gasteiger partial charge in [0.1, 0.15) is 11.5 Å². The molecule has 8 nitrogen and oxygen atoms in total. The number of nitro groups is 1. The van der Waals surface area contributed by atoms with Crippen molar-refractivity contribution < 1.29 is 23.2 Å². The van der Waals surface area contributed by atoms with Crippen molar-refractivity contribution in [3.05, 3.63) is 76.1 Å². The van der Waals surface area contributed by atoms with Gasteiger partial charge >= 0.3 is 6.55 Å². The second kappa shape index (κ2) is 7.82. The molecule has 0 aliphatic rings. The van der Waals surface area contributed by atoms with Crippen molar-refractivity contribution in [2.45, 2.75) is 13.5 Å². The molecule has 0 bridgehead atoms. The minimum absolute atomic E-state index is 0.0642. The number of hydrogen-bond acceptors (Lipinski definition) is 5. The van der Waals surface area contributed by atoms with Crippen LogP contribution in [-0.2, 0) is 0 Å². The Morgan fingerprint density at radius 2 is 2.00 bits per heavy atom. The SMILES string of the molecule is Cc1ccccc1Oc1cc(NC(=O)c2ccn(C(F)F)n2)cc([N+](=O)[O-])c1. The summed E-state index contributed by atoms with van der Waals surface area (Å²) in [5, 5.41) is 17.1. The number of alkyl halides is 2. The fourth-order valence-corrected chi connectivity index (χ4v) is 2.38. The van der Waals surface area contributed by atoms with Gasteiger partial charge in [0.15, 0.2) is 5.69 Å². The molecule has 144 valence electrons. The summed E-state index contributed by atoms with van der Waals surface area (Å²) in [4.78, 5) is 22.8. The third kappa shape index (κ3) is 4.29. The molecule has 3 aromatic rings. The molecule has 1 N–H and O–H groups in total. The van der Waals surface area contributed by atoms with Crippen LogP contribution in [0.5, 0.6) is 11.5 Å². The molecule has 10 heteroatoms. The minimum Gasteiger partial charge on any atom is -0.457 e. The summed E-state index contributed by atoms with van der Waals surface area (Å²) in [6.45, 7) is -1.07. The lowest BCUT2D eigenvalue weighted by Crippen LogP contribution is -2.13. The van der Waals surface area contributed by atoms with Crippen LogP contribution in [0.1, 0.15) is 22.6 Å². The number of para-hydroxylation sites is 1. The van der Waals surface area contributed by atoms with Crippen molar-refractivity contribution in [1.82, 2.24) is 9.78 Å². The summed E-state index contributed by atoms with van der Waals surface area (Å²) in [7, 11) is 0. The molecule has 2 aromatic carbocycles. The maximum atomic E-state index is 12.6. The topological polar surface area (TPSA) is 99.3 Å². The quantitative estimate of drug-likeness (QED) is 0.494. The number of benzene rings is 2. The third-order valence-corrected chi connectivity index (χ3v) is 3.72. The van der Waals surface area contributed by atoms with Gasteiger partial charge in [0.05, 0.1) is 16.7 Å². The largest absolute Gasteiger partial charge is 0.457 e. The molecule has 1 amide bonds. The van der Waals surface area contributed by atoms with Gasteiger partial charge in [-0.25, -0.2) is 4.68 Å². The molecule has 0 fully saturated rings. The van der Waals surface area contributed by atoms with Crippen LogP contribution in [0.3, 0.4) is 0 Å². The molecule has 3 rings (SSSR count). The van der Waals surface area contributed by atoms with Crippen LogP contribution in [0, 0.1) is 17.0 Å². The van der Waals surface area contributed by atoms with E-state index in [-0.39, 0.29) is 22.8 Å². The van der Waals surface area contributed by atoms with Crippen LogP contribution >= 0.6 is 0 Å². The van der Waals surface area contributed by atoms with Gasteiger partial charge in [-0.1, -0.05) is 18.2 Å². The monoisotopic (exact) mass is 388 g/mol. The number of non-ortho nitro benzene ring substituents is 1. The lowest BCUT2D eigenvalue weighted by molar-refractivity contribution is -0.384. The van der Waals surface area contributed by atoms with E-state index >= 15 is 0 Å². The molecular formula is C18H14F2N4O4. The molecule has 0 saturated carbocycles. The smallest absolute Gasteiger partial charge is 0.333 e. The van der Waals surface area contributed by atoms with Crippen LogP contribution < -0.4 is 10.1 Å². The number of nitrogens with zero attached hydrogens (tertiary/aromatic N) is 3. The molecule has 0 unspecified atom stereocenters. The minimum atomic E-state index is -2.88. The van der Waals surface area contributed by atoms with Crippen LogP contribution in [-0.4, -0.2) is 20.6 Å². The fraction of sp³-hybridized carbons (Fsp3) is 0.111. The number of hydrogen-bond donors (Lipinski definition) is 1. The Balaban J connectivity index is 1.87. The number of aromatic nitrogens is 2. The fourth-order valence-electron chi connectivity index (χ4n) is 2.38. The first kappa shape index (κ1) is 19.0. The van der Waals surface area contributed by atoms with Gasteiger partial charge in [0.2, 0.25) is 0 Å². The predicted octanol–water partition coefficient (Wildman–Crippen LogP) is 4.54. The lowest BCUT2D eigenvalue weighted by atomic mass is 10.2. The first-order valence-electron chi connectivity index (χ1n) is 8.01. The van der Waals surface area contributed by atoms with Crippen LogP contribution in [0.15, 0.2) is 54.7 Å². The highest BCUT2D eigenvalue weighted by atomic mass is 19.3. The number of anilines is 1. The molecule has 28 heavy (non-hydrogen) atoms.